The maximum atomic E-state index is 12.3. The average molecular weight is 372 g/mol. The summed E-state index contributed by atoms with van der Waals surface area (Å²) in [6.07, 6.45) is 4.26. The molecule has 0 aliphatic carbocycles. The van der Waals surface area contributed by atoms with Crippen LogP contribution in [0.1, 0.15) is 41.0 Å². The Morgan fingerprint density at radius 3 is 3.00 bits per heavy atom. The summed E-state index contributed by atoms with van der Waals surface area (Å²) >= 11 is 1.65. The van der Waals surface area contributed by atoms with Crippen LogP contribution < -0.4 is 5.32 Å². The first-order chi connectivity index (χ1) is 12.8. The summed E-state index contributed by atoms with van der Waals surface area (Å²) in [7, 11) is 0. The second kappa shape index (κ2) is 7.69. The third kappa shape index (κ3) is 3.93. The molecule has 136 valence electrons. The van der Waals surface area contributed by atoms with E-state index in [4.69, 9.17) is 4.52 Å². The second-order valence-corrected chi connectivity index (χ2v) is 7.32. The molecule has 1 fully saturated rings. The molecule has 1 aliphatic heterocycles. The maximum absolute atomic E-state index is 12.3. The number of likely N-dealkylation sites (tertiary alicyclic amines) is 1. The first kappa shape index (κ1) is 16.8. The molecule has 4 rings (SSSR count). The minimum Gasteiger partial charge on any atom is -0.339 e. The van der Waals surface area contributed by atoms with E-state index in [1.54, 1.807) is 17.5 Å². The fourth-order valence-corrected chi connectivity index (χ4v) is 3.85. The molecule has 4 heterocycles. The Kier molecular flexibility index (Phi) is 4.96. The maximum Gasteiger partial charge on any atom is 0.317 e. The topological polar surface area (TPSA) is 99.9 Å². The van der Waals surface area contributed by atoms with Crippen LogP contribution in [0.15, 0.2) is 34.3 Å². The van der Waals surface area contributed by atoms with Crippen molar-refractivity contribution in [2.75, 3.05) is 13.1 Å². The summed E-state index contributed by atoms with van der Waals surface area (Å²) in [6.45, 7) is 1.73. The second-order valence-electron chi connectivity index (χ2n) is 6.29. The lowest BCUT2D eigenvalue weighted by atomic mass is 9.94. The molecule has 3 aromatic rings. The number of nitrogens with zero attached hydrogens (tertiary/aromatic N) is 4. The quantitative estimate of drug-likeness (QED) is 0.717. The molecule has 26 heavy (non-hydrogen) atoms. The third-order valence-corrected chi connectivity index (χ3v) is 5.43. The smallest absolute Gasteiger partial charge is 0.317 e. The van der Waals surface area contributed by atoms with Crippen molar-refractivity contribution >= 4 is 17.4 Å². The molecule has 0 radical (unpaired) electrons. The van der Waals surface area contributed by atoms with E-state index in [-0.39, 0.29) is 12.6 Å². The van der Waals surface area contributed by atoms with Gasteiger partial charge in [-0.15, -0.1) is 11.3 Å². The number of piperidine rings is 1. The molecule has 0 atom stereocenters. The number of amides is 2. The molecular formula is C17H20N6O2S. The molecule has 2 N–H and O–H groups in total. The van der Waals surface area contributed by atoms with Gasteiger partial charge in [-0.05, 0) is 30.4 Å². The first-order valence-corrected chi connectivity index (χ1v) is 9.52. The molecule has 0 aromatic carbocycles. The van der Waals surface area contributed by atoms with Gasteiger partial charge in [0.1, 0.15) is 0 Å². The van der Waals surface area contributed by atoms with Gasteiger partial charge in [-0.25, -0.2) is 4.79 Å². The van der Waals surface area contributed by atoms with Crippen LogP contribution in [0, 0.1) is 0 Å². The number of hydrogen-bond acceptors (Lipinski definition) is 6. The van der Waals surface area contributed by atoms with Crippen LogP contribution >= 0.6 is 11.3 Å². The zero-order valence-electron chi connectivity index (χ0n) is 14.2. The van der Waals surface area contributed by atoms with E-state index < -0.39 is 0 Å². The highest BCUT2D eigenvalue weighted by Crippen LogP contribution is 2.26. The minimum absolute atomic E-state index is 0.0855. The van der Waals surface area contributed by atoms with Gasteiger partial charge in [-0.3, -0.25) is 5.10 Å². The summed E-state index contributed by atoms with van der Waals surface area (Å²) in [5.74, 6) is 1.51. The number of aromatic amines is 1. The molecule has 1 saturated heterocycles. The zero-order valence-corrected chi connectivity index (χ0v) is 15.0. The lowest BCUT2D eigenvalue weighted by molar-refractivity contribution is 0.180. The highest BCUT2D eigenvalue weighted by Gasteiger charge is 2.24. The van der Waals surface area contributed by atoms with E-state index >= 15 is 0 Å². The molecule has 0 bridgehead atoms. The number of nitrogens with one attached hydrogen (secondary N) is 2. The zero-order chi connectivity index (χ0) is 17.8. The summed E-state index contributed by atoms with van der Waals surface area (Å²) in [5.41, 5.74) is 1.15. The molecule has 0 spiro atoms. The normalized spacial score (nSPS) is 15.3. The number of H-pyrrole nitrogens is 1. The molecule has 9 heteroatoms. The predicted octanol–water partition coefficient (Wildman–Crippen LogP) is 2.53. The Labute approximate surface area is 154 Å². The minimum atomic E-state index is -0.0855. The van der Waals surface area contributed by atoms with Crippen molar-refractivity contribution in [3.05, 3.63) is 52.1 Å². The summed E-state index contributed by atoms with van der Waals surface area (Å²) in [4.78, 5) is 19.7. The van der Waals surface area contributed by atoms with E-state index in [1.807, 2.05) is 28.5 Å². The fraction of sp³-hybridized carbons (Fsp3) is 0.412. The van der Waals surface area contributed by atoms with Gasteiger partial charge in [0, 0.05) is 35.8 Å². The van der Waals surface area contributed by atoms with Gasteiger partial charge in [0.15, 0.2) is 5.82 Å². The van der Waals surface area contributed by atoms with Crippen LogP contribution in [-0.4, -0.2) is 44.4 Å². The average Bonchev–Trinajstić information content (AvgIpc) is 3.43. The molecule has 2 amide bonds. The van der Waals surface area contributed by atoms with Crippen molar-refractivity contribution in [1.29, 1.82) is 0 Å². The number of carbonyl (C=O) groups excluding carboxylic acids is 1. The van der Waals surface area contributed by atoms with E-state index in [1.165, 1.54) is 4.88 Å². The third-order valence-electron chi connectivity index (χ3n) is 4.56. The number of rotatable bonds is 5. The Morgan fingerprint density at radius 2 is 2.27 bits per heavy atom. The summed E-state index contributed by atoms with van der Waals surface area (Å²) < 4.78 is 5.24. The number of urea groups is 1. The highest BCUT2D eigenvalue weighted by molar-refractivity contribution is 7.09. The molecule has 3 aromatic heterocycles. The number of hydrogen-bond donors (Lipinski definition) is 2. The molecule has 8 nitrogen and oxygen atoms in total. The van der Waals surface area contributed by atoms with Gasteiger partial charge >= 0.3 is 6.03 Å². The van der Waals surface area contributed by atoms with Gasteiger partial charge in [0.25, 0.3) is 0 Å². The summed E-state index contributed by atoms with van der Waals surface area (Å²) in [5, 5.41) is 15.8. The van der Waals surface area contributed by atoms with Gasteiger partial charge in [-0.2, -0.15) is 10.1 Å². The largest absolute Gasteiger partial charge is 0.339 e. The number of carbonyl (C=O) groups is 1. The van der Waals surface area contributed by atoms with Crippen molar-refractivity contribution in [3.63, 3.8) is 0 Å². The van der Waals surface area contributed by atoms with Gasteiger partial charge in [0.2, 0.25) is 5.89 Å². The summed E-state index contributed by atoms with van der Waals surface area (Å²) in [6, 6.07) is 5.94. The van der Waals surface area contributed by atoms with E-state index in [0.717, 1.165) is 31.6 Å². The van der Waals surface area contributed by atoms with Crippen LogP contribution in [0.25, 0.3) is 0 Å². The number of thiophene rings is 1. The van der Waals surface area contributed by atoms with E-state index in [9.17, 15) is 4.79 Å². The Bertz CT molecular complexity index is 821. The Morgan fingerprint density at radius 1 is 1.38 bits per heavy atom. The van der Waals surface area contributed by atoms with Crippen molar-refractivity contribution in [1.82, 2.24) is 30.6 Å². The van der Waals surface area contributed by atoms with E-state index in [2.05, 4.69) is 25.7 Å². The van der Waals surface area contributed by atoms with Crippen molar-refractivity contribution < 1.29 is 9.32 Å². The van der Waals surface area contributed by atoms with Gasteiger partial charge in [0.05, 0.1) is 13.0 Å². The van der Waals surface area contributed by atoms with Crippen LogP contribution in [0.4, 0.5) is 4.79 Å². The van der Waals surface area contributed by atoms with Crippen molar-refractivity contribution in [2.45, 2.75) is 31.7 Å². The van der Waals surface area contributed by atoms with Crippen LogP contribution in [0.3, 0.4) is 0 Å². The Hall–Kier alpha value is -2.68. The van der Waals surface area contributed by atoms with Gasteiger partial charge < -0.3 is 14.7 Å². The van der Waals surface area contributed by atoms with E-state index in [0.29, 0.717) is 24.1 Å². The fourth-order valence-electron chi connectivity index (χ4n) is 3.15. The lowest BCUT2D eigenvalue weighted by Gasteiger charge is -2.31. The SMILES string of the molecule is O=C(NCc1noc(Cc2cccs2)n1)N1CCC(c2ccn[nH]2)CC1. The molecule has 0 unspecified atom stereocenters. The molecule has 0 saturated carbocycles. The first-order valence-electron chi connectivity index (χ1n) is 8.64. The Balaban J connectivity index is 1.24. The molecular weight excluding hydrogens is 352 g/mol. The highest BCUT2D eigenvalue weighted by atomic mass is 32.1. The van der Waals surface area contributed by atoms with Crippen LogP contribution in [0.5, 0.6) is 0 Å². The van der Waals surface area contributed by atoms with Gasteiger partial charge in [-0.1, -0.05) is 11.2 Å². The lowest BCUT2D eigenvalue weighted by Crippen LogP contribution is -2.44. The van der Waals surface area contributed by atoms with Crippen LogP contribution in [0.2, 0.25) is 0 Å². The monoisotopic (exact) mass is 372 g/mol. The van der Waals surface area contributed by atoms with Crippen LogP contribution in [-0.2, 0) is 13.0 Å². The van der Waals surface area contributed by atoms with Crippen molar-refractivity contribution in [3.8, 4) is 0 Å². The predicted molar refractivity (Wildman–Crippen MR) is 95.8 cm³/mol. The van der Waals surface area contributed by atoms with Crippen molar-refractivity contribution in [2.24, 2.45) is 0 Å². The number of aromatic nitrogens is 4. The molecule has 1 aliphatic rings. The standard InChI is InChI=1S/C17H20N6O2S/c24-17(23-7-4-12(5-8-23)14-3-6-19-21-14)18-11-15-20-16(25-22-15)10-13-2-1-9-26-13/h1-3,6,9,12H,4-5,7-8,10-11H2,(H,18,24)(H,19,21).